The summed E-state index contributed by atoms with van der Waals surface area (Å²) in [6.45, 7) is 13.9. The zero-order valence-electron chi connectivity index (χ0n) is 26.9. The van der Waals surface area contributed by atoms with E-state index in [1.807, 2.05) is 51.1 Å². The number of Topliss-reactive ketones (excluding diaryl/α,β-unsaturated/α-hetero) is 2. The molecule has 0 radical (unpaired) electrons. The molecule has 0 heterocycles. The summed E-state index contributed by atoms with van der Waals surface area (Å²) in [7, 11) is 0. The molecule has 4 atom stereocenters. The quantitative estimate of drug-likeness (QED) is 0.120. The number of nitrogens with two attached hydrogens (primary N) is 1. The number of esters is 1. The van der Waals surface area contributed by atoms with Crippen LogP contribution in [0.4, 0.5) is 5.69 Å². The first-order chi connectivity index (χ1) is 21.8. The average Bonchev–Trinajstić information content (AvgIpc) is 3.04. The van der Waals surface area contributed by atoms with E-state index in [0.717, 1.165) is 11.1 Å². The van der Waals surface area contributed by atoms with Crippen LogP contribution < -0.4 is 16.4 Å². The van der Waals surface area contributed by atoms with E-state index in [1.54, 1.807) is 31.2 Å². The summed E-state index contributed by atoms with van der Waals surface area (Å²) in [5.74, 6) is -6.24. The van der Waals surface area contributed by atoms with Gasteiger partial charge in [-0.3, -0.25) is 28.8 Å². The van der Waals surface area contributed by atoms with Crippen LogP contribution in [-0.4, -0.2) is 47.8 Å². The van der Waals surface area contributed by atoms with Crippen molar-refractivity contribution in [2.75, 3.05) is 6.54 Å². The van der Waals surface area contributed by atoms with Crippen molar-refractivity contribution in [3.63, 3.8) is 0 Å². The van der Waals surface area contributed by atoms with Crippen molar-refractivity contribution in [2.24, 2.45) is 29.4 Å². The third kappa shape index (κ3) is 12.6. The van der Waals surface area contributed by atoms with Crippen LogP contribution in [0.25, 0.3) is 4.85 Å². The van der Waals surface area contributed by atoms with E-state index in [-0.39, 0.29) is 31.8 Å². The summed E-state index contributed by atoms with van der Waals surface area (Å²) in [6, 6.07) is 14.5. The van der Waals surface area contributed by atoms with Gasteiger partial charge in [-0.25, -0.2) is 4.85 Å². The van der Waals surface area contributed by atoms with Gasteiger partial charge in [0.1, 0.15) is 6.61 Å². The van der Waals surface area contributed by atoms with Crippen molar-refractivity contribution >= 4 is 40.9 Å². The zero-order valence-corrected chi connectivity index (χ0v) is 26.9. The standard InChI is InChI=1S/C35H44N4O7/c1-6-23(4)31(39-34(44)27(16-22(2)3)19-30(41)46-21-25-10-8-7-9-11-25)32(42)35(45)38-20-29(40)18-26(33(36)43)17-24-12-14-28(37-5)15-13-24/h7-15,22-23,26-27,31H,6,16-21H2,1-4H3,(H2,36,43)(H,38,45)(H,39,44)/t23-,26+,27+,31?/m0/s1. The number of rotatable bonds is 19. The topological polar surface area (TPSA) is 166 Å². The summed E-state index contributed by atoms with van der Waals surface area (Å²) in [5, 5.41) is 5.00. The first kappa shape index (κ1) is 37.3. The normalized spacial score (nSPS) is 13.4. The third-order valence-electron chi connectivity index (χ3n) is 7.67. The SMILES string of the molecule is [C-]#[N+]c1ccc(C[C@H](CC(=O)CNC(=O)C(=O)C(NC(=O)[C@@H](CC(=O)OCc2ccccc2)CC(C)C)[C@@H](C)CC)C(N)=O)cc1. The molecular weight excluding hydrogens is 588 g/mol. The smallest absolute Gasteiger partial charge is 0.306 e. The first-order valence-electron chi connectivity index (χ1n) is 15.4. The van der Waals surface area contributed by atoms with Gasteiger partial charge in [0.05, 0.1) is 25.6 Å². The van der Waals surface area contributed by atoms with E-state index >= 15 is 0 Å². The number of carbonyl (C=O) groups excluding carboxylic acids is 6. The van der Waals surface area contributed by atoms with Crippen LogP contribution in [-0.2, 0) is 46.5 Å². The van der Waals surface area contributed by atoms with Crippen LogP contribution in [0.3, 0.4) is 0 Å². The molecule has 0 saturated heterocycles. The second-order valence-electron chi connectivity index (χ2n) is 11.9. The van der Waals surface area contributed by atoms with Crippen molar-refractivity contribution in [3.8, 4) is 0 Å². The molecule has 11 heteroatoms. The highest BCUT2D eigenvalue weighted by Crippen LogP contribution is 2.20. The number of nitrogens with zero attached hydrogens (tertiary/aromatic N) is 1. The Morgan fingerprint density at radius 3 is 2.11 bits per heavy atom. The highest BCUT2D eigenvalue weighted by atomic mass is 16.5. The molecule has 46 heavy (non-hydrogen) atoms. The minimum absolute atomic E-state index is 0.0621. The van der Waals surface area contributed by atoms with E-state index in [9.17, 15) is 28.8 Å². The van der Waals surface area contributed by atoms with Gasteiger partial charge in [-0.05, 0) is 35.8 Å². The predicted octanol–water partition coefficient (Wildman–Crippen LogP) is 3.85. The Morgan fingerprint density at radius 1 is 0.891 bits per heavy atom. The largest absolute Gasteiger partial charge is 0.461 e. The molecule has 4 N–H and O–H groups in total. The van der Waals surface area contributed by atoms with Crippen LogP contribution in [0.15, 0.2) is 54.6 Å². The monoisotopic (exact) mass is 632 g/mol. The number of amides is 3. The maximum atomic E-state index is 13.4. The van der Waals surface area contributed by atoms with Crippen LogP contribution in [0.2, 0.25) is 0 Å². The molecule has 0 aliphatic rings. The first-order valence-corrected chi connectivity index (χ1v) is 15.4. The van der Waals surface area contributed by atoms with E-state index in [0.29, 0.717) is 18.5 Å². The number of hydrogen-bond donors (Lipinski definition) is 3. The number of carbonyl (C=O) groups is 6. The van der Waals surface area contributed by atoms with Gasteiger partial charge in [0.15, 0.2) is 11.5 Å². The maximum Gasteiger partial charge on any atom is 0.306 e. The lowest BCUT2D eigenvalue weighted by Gasteiger charge is -2.26. The second-order valence-corrected chi connectivity index (χ2v) is 11.9. The molecule has 0 fully saturated rings. The lowest BCUT2D eigenvalue weighted by atomic mass is 9.90. The minimum Gasteiger partial charge on any atom is -0.461 e. The fraction of sp³-hybridized carbons (Fsp3) is 0.457. The van der Waals surface area contributed by atoms with Crippen molar-refractivity contribution in [1.29, 1.82) is 0 Å². The zero-order chi connectivity index (χ0) is 34.2. The molecule has 3 amide bonds. The van der Waals surface area contributed by atoms with Crippen LogP contribution in [0.5, 0.6) is 0 Å². The lowest BCUT2D eigenvalue weighted by molar-refractivity contribution is -0.149. The average molecular weight is 633 g/mol. The van der Waals surface area contributed by atoms with Crippen molar-refractivity contribution in [2.45, 2.75) is 72.4 Å². The molecule has 0 bridgehead atoms. The van der Waals surface area contributed by atoms with Gasteiger partial charge < -0.3 is 21.1 Å². The highest BCUT2D eigenvalue weighted by molar-refractivity contribution is 6.38. The van der Waals surface area contributed by atoms with Gasteiger partial charge >= 0.3 is 5.97 Å². The lowest BCUT2D eigenvalue weighted by Crippen LogP contribution is -2.52. The summed E-state index contributed by atoms with van der Waals surface area (Å²) in [4.78, 5) is 80.1. The Bertz CT molecular complexity index is 1400. The molecule has 0 aromatic heterocycles. The molecule has 0 aliphatic carbocycles. The molecule has 1 unspecified atom stereocenters. The number of primary amides is 1. The summed E-state index contributed by atoms with van der Waals surface area (Å²) < 4.78 is 5.37. The molecular formula is C35H44N4O7. The number of benzene rings is 2. The molecule has 0 saturated carbocycles. The third-order valence-corrected chi connectivity index (χ3v) is 7.67. The molecule has 2 aromatic carbocycles. The highest BCUT2D eigenvalue weighted by Gasteiger charge is 2.34. The van der Waals surface area contributed by atoms with Crippen molar-refractivity contribution in [1.82, 2.24) is 10.6 Å². The molecule has 11 nitrogen and oxygen atoms in total. The Labute approximate surface area is 270 Å². The molecule has 0 aliphatic heterocycles. The van der Waals surface area contributed by atoms with Crippen LogP contribution in [0, 0.1) is 30.2 Å². The van der Waals surface area contributed by atoms with Gasteiger partial charge in [-0.15, -0.1) is 0 Å². The second kappa shape index (κ2) is 18.8. The molecule has 0 spiro atoms. The van der Waals surface area contributed by atoms with Crippen molar-refractivity contribution < 1.29 is 33.5 Å². The maximum absolute atomic E-state index is 13.4. The van der Waals surface area contributed by atoms with E-state index in [1.165, 1.54) is 0 Å². The van der Waals surface area contributed by atoms with E-state index < -0.39 is 65.6 Å². The summed E-state index contributed by atoms with van der Waals surface area (Å²) >= 11 is 0. The van der Waals surface area contributed by atoms with Crippen molar-refractivity contribution in [3.05, 3.63) is 77.1 Å². The predicted molar refractivity (Wildman–Crippen MR) is 172 cm³/mol. The number of nitrogens with one attached hydrogen (secondary N) is 2. The Kier molecular flexibility index (Phi) is 15.3. The van der Waals surface area contributed by atoms with Crippen LogP contribution in [0.1, 0.15) is 64.5 Å². The Morgan fingerprint density at radius 2 is 1.54 bits per heavy atom. The van der Waals surface area contributed by atoms with Gasteiger partial charge in [0.25, 0.3) is 5.91 Å². The Balaban J connectivity index is 2.01. The summed E-state index contributed by atoms with van der Waals surface area (Å²) in [6.07, 6.45) is 0.555. The summed E-state index contributed by atoms with van der Waals surface area (Å²) in [5.41, 5.74) is 7.47. The minimum atomic E-state index is -1.18. The molecule has 2 aromatic rings. The molecule has 246 valence electrons. The van der Waals surface area contributed by atoms with Gasteiger partial charge in [0, 0.05) is 18.3 Å². The molecule has 2 rings (SSSR count). The fourth-order valence-electron chi connectivity index (χ4n) is 4.84. The van der Waals surface area contributed by atoms with Gasteiger partial charge in [0.2, 0.25) is 17.6 Å². The van der Waals surface area contributed by atoms with Gasteiger partial charge in [-0.1, -0.05) is 88.7 Å². The number of hydrogen-bond acceptors (Lipinski definition) is 7. The number of ether oxygens (including phenoxy) is 1. The fourth-order valence-corrected chi connectivity index (χ4v) is 4.84. The number of ketones is 2. The Hall–Kier alpha value is -4.85. The van der Waals surface area contributed by atoms with Gasteiger partial charge in [-0.2, -0.15) is 0 Å². The van der Waals surface area contributed by atoms with E-state index in [2.05, 4.69) is 15.5 Å². The van der Waals surface area contributed by atoms with Crippen LogP contribution >= 0.6 is 0 Å². The van der Waals surface area contributed by atoms with E-state index in [4.69, 9.17) is 17.0 Å².